The van der Waals surface area contributed by atoms with Gasteiger partial charge in [0.1, 0.15) is 0 Å². The molecular formula is C50H34BNSi. The first-order chi connectivity index (χ1) is 26.2. The molecule has 0 aromatic heterocycles. The van der Waals surface area contributed by atoms with E-state index >= 15 is 0 Å². The molecule has 8 aromatic rings. The minimum atomic E-state index is -2.70. The molecule has 8 aromatic carbocycles. The number of nitrogens with zero attached hydrogens (tertiary/aromatic N) is 1. The van der Waals surface area contributed by atoms with Gasteiger partial charge in [0, 0.05) is 16.9 Å². The van der Waals surface area contributed by atoms with Crippen molar-refractivity contribution in [2.24, 2.45) is 0 Å². The zero-order valence-electron chi connectivity index (χ0n) is 29.5. The van der Waals surface area contributed by atoms with Gasteiger partial charge in [-0.2, -0.15) is 0 Å². The van der Waals surface area contributed by atoms with Crippen molar-refractivity contribution in [2.75, 3.05) is 4.81 Å². The van der Waals surface area contributed by atoms with Gasteiger partial charge in [0.15, 0.2) is 8.07 Å². The average Bonchev–Trinajstić information content (AvgIpc) is 3.51. The number of benzene rings is 8. The third kappa shape index (κ3) is 3.72. The lowest BCUT2D eigenvalue weighted by Crippen LogP contribution is -2.78. The third-order valence-corrected chi connectivity index (χ3v) is 17.6. The summed E-state index contributed by atoms with van der Waals surface area (Å²) < 4.78 is 0. The summed E-state index contributed by atoms with van der Waals surface area (Å²) in [5.74, 6) is 0. The minimum Gasteiger partial charge on any atom is -0.377 e. The van der Waals surface area contributed by atoms with Gasteiger partial charge >= 0.3 is 6.85 Å². The molecular weight excluding hydrogens is 653 g/mol. The number of aryl methyl sites for hydroxylation is 1. The Hall–Kier alpha value is -6.16. The molecule has 0 N–H and O–H groups in total. The Morgan fingerprint density at radius 3 is 1.85 bits per heavy atom. The lowest BCUT2D eigenvalue weighted by atomic mass is 9.41. The van der Waals surface area contributed by atoms with Crippen LogP contribution in [0.5, 0.6) is 0 Å². The maximum Gasteiger partial charge on any atom is 0.329 e. The van der Waals surface area contributed by atoms with Crippen LogP contribution in [0.15, 0.2) is 176 Å². The lowest BCUT2D eigenvalue weighted by Gasteiger charge is -2.50. The number of rotatable bonds is 2. The van der Waals surface area contributed by atoms with Crippen LogP contribution in [0.3, 0.4) is 0 Å². The Morgan fingerprint density at radius 2 is 1.08 bits per heavy atom. The van der Waals surface area contributed by atoms with Crippen LogP contribution in [0.25, 0.3) is 44.5 Å². The molecule has 12 rings (SSSR count). The summed E-state index contributed by atoms with van der Waals surface area (Å²) in [5, 5.41) is 6.02. The fourth-order valence-electron chi connectivity index (χ4n) is 10.7. The van der Waals surface area contributed by atoms with Crippen molar-refractivity contribution in [3.05, 3.63) is 193 Å². The molecule has 0 unspecified atom stereocenters. The predicted octanol–water partition coefficient (Wildman–Crippen LogP) is 7.83. The van der Waals surface area contributed by atoms with E-state index in [1.165, 1.54) is 104 Å². The third-order valence-electron chi connectivity index (χ3n) is 12.7. The van der Waals surface area contributed by atoms with E-state index in [4.69, 9.17) is 0 Å². The number of para-hydroxylation sites is 2. The molecule has 246 valence electrons. The first-order valence-electron chi connectivity index (χ1n) is 18.9. The highest BCUT2D eigenvalue weighted by molar-refractivity contribution is 7.24. The Balaban J connectivity index is 1.23. The topological polar surface area (TPSA) is 3.24 Å². The Kier molecular flexibility index (Phi) is 5.94. The van der Waals surface area contributed by atoms with Gasteiger partial charge in [0.25, 0.3) is 0 Å². The number of anilines is 2. The van der Waals surface area contributed by atoms with Gasteiger partial charge in [-0.15, -0.1) is 0 Å². The van der Waals surface area contributed by atoms with Gasteiger partial charge in [0.2, 0.25) is 0 Å². The van der Waals surface area contributed by atoms with Gasteiger partial charge < -0.3 is 4.81 Å². The number of hydrogen-bond acceptors (Lipinski definition) is 1. The van der Waals surface area contributed by atoms with Crippen molar-refractivity contribution in [1.29, 1.82) is 0 Å². The van der Waals surface area contributed by atoms with E-state index in [9.17, 15) is 0 Å². The normalized spacial score (nSPS) is 14.5. The van der Waals surface area contributed by atoms with E-state index in [0.29, 0.717) is 0 Å². The maximum atomic E-state index is 2.77. The maximum absolute atomic E-state index is 2.77. The molecule has 0 atom stereocenters. The van der Waals surface area contributed by atoms with E-state index in [0.717, 1.165) is 6.42 Å². The first-order valence-corrected chi connectivity index (χ1v) is 20.9. The summed E-state index contributed by atoms with van der Waals surface area (Å²) in [6, 6.07) is 67.3. The fraction of sp³-hybridized carbons (Fsp3) is 0.0400. The van der Waals surface area contributed by atoms with Crippen LogP contribution in [-0.4, -0.2) is 14.9 Å². The molecule has 4 aliphatic heterocycles. The molecule has 0 radical (unpaired) electrons. The van der Waals surface area contributed by atoms with Crippen LogP contribution in [0.4, 0.5) is 11.4 Å². The van der Waals surface area contributed by atoms with Gasteiger partial charge in [-0.25, -0.2) is 0 Å². The molecule has 1 nitrogen and oxygen atoms in total. The number of fused-ring (bicyclic) bond motifs is 13. The van der Waals surface area contributed by atoms with E-state index in [-0.39, 0.29) is 6.85 Å². The van der Waals surface area contributed by atoms with E-state index in [2.05, 4.69) is 188 Å². The van der Waals surface area contributed by atoms with Gasteiger partial charge in [-0.05, 0) is 113 Å². The summed E-state index contributed by atoms with van der Waals surface area (Å²) >= 11 is 0. The zero-order chi connectivity index (χ0) is 34.8. The molecule has 4 heterocycles. The lowest BCUT2D eigenvalue weighted by molar-refractivity contribution is 1.19. The SMILES string of the molecule is Cc1ccccc1-c1cccc2c1Cc1cc(-c3ccccc3)cc3c1B2N1c2ccccc2[Si]2(c4ccccc4-c4ccccc42)c2cccc-3c21. The largest absolute Gasteiger partial charge is 0.377 e. The molecule has 0 fully saturated rings. The molecule has 53 heavy (non-hydrogen) atoms. The molecule has 0 bridgehead atoms. The van der Waals surface area contributed by atoms with Gasteiger partial charge in [-0.3, -0.25) is 0 Å². The minimum absolute atomic E-state index is 0.0468. The summed E-state index contributed by atoms with van der Waals surface area (Å²) in [7, 11) is -2.70. The van der Waals surface area contributed by atoms with Crippen molar-refractivity contribution in [3.63, 3.8) is 0 Å². The standard InChI is InChI=1S/C50H34BNSi/c1-32-15-5-6-18-36(32)37-21-13-23-43-41(37)31-35-29-34(33-16-3-2-4-17-33)30-42-40-22-14-28-48-50(40)52(51(43)49(35)42)44-24-9-12-27-47(44)53(48)45-25-10-7-19-38(45)39-20-8-11-26-46(39)53/h2-30H,31H2,1H3. The average molecular weight is 688 g/mol. The quantitative estimate of drug-likeness (QED) is 0.168. The summed E-state index contributed by atoms with van der Waals surface area (Å²) in [6.07, 6.45) is 0.906. The van der Waals surface area contributed by atoms with E-state index < -0.39 is 8.07 Å². The van der Waals surface area contributed by atoms with Crippen molar-refractivity contribution in [2.45, 2.75) is 13.3 Å². The van der Waals surface area contributed by atoms with Crippen molar-refractivity contribution < 1.29 is 0 Å². The molecule has 4 aliphatic rings. The fourth-order valence-corrected chi connectivity index (χ4v) is 16.2. The Morgan fingerprint density at radius 1 is 0.472 bits per heavy atom. The van der Waals surface area contributed by atoms with Gasteiger partial charge in [-0.1, -0.05) is 164 Å². The monoisotopic (exact) mass is 687 g/mol. The second-order valence-electron chi connectivity index (χ2n) is 15.2. The smallest absolute Gasteiger partial charge is 0.329 e. The van der Waals surface area contributed by atoms with Crippen molar-refractivity contribution in [3.8, 4) is 44.5 Å². The van der Waals surface area contributed by atoms with Crippen molar-refractivity contribution in [1.82, 2.24) is 0 Å². The van der Waals surface area contributed by atoms with Crippen LogP contribution in [0.1, 0.15) is 16.7 Å². The highest BCUT2D eigenvalue weighted by Crippen LogP contribution is 2.47. The number of hydrogen-bond donors (Lipinski definition) is 0. The highest BCUT2D eigenvalue weighted by Gasteiger charge is 2.57. The van der Waals surface area contributed by atoms with Crippen LogP contribution in [-0.2, 0) is 6.42 Å². The van der Waals surface area contributed by atoms with Crippen LogP contribution in [0, 0.1) is 6.92 Å². The van der Waals surface area contributed by atoms with Crippen LogP contribution in [0.2, 0.25) is 0 Å². The Bertz CT molecular complexity index is 2810. The first kappa shape index (κ1) is 29.4. The summed E-state index contributed by atoms with van der Waals surface area (Å²) in [5.41, 5.74) is 20.6. The Labute approximate surface area is 312 Å². The summed E-state index contributed by atoms with van der Waals surface area (Å²) in [6.45, 7) is 2.30. The molecule has 0 amide bonds. The second-order valence-corrected chi connectivity index (χ2v) is 18.8. The van der Waals surface area contributed by atoms with Gasteiger partial charge in [0.05, 0.1) is 0 Å². The highest BCUT2D eigenvalue weighted by atomic mass is 28.3. The van der Waals surface area contributed by atoms with Crippen LogP contribution < -0.4 is 36.5 Å². The molecule has 1 spiro atoms. The molecule has 3 heteroatoms. The summed E-state index contributed by atoms with van der Waals surface area (Å²) in [4.78, 5) is 2.77. The van der Waals surface area contributed by atoms with E-state index in [1.807, 2.05) is 0 Å². The molecule has 0 saturated heterocycles. The predicted molar refractivity (Wildman–Crippen MR) is 227 cm³/mol. The second kappa shape index (κ2) is 10.7. The van der Waals surface area contributed by atoms with Crippen molar-refractivity contribution >= 4 is 58.0 Å². The zero-order valence-corrected chi connectivity index (χ0v) is 30.5. The molecule has 0 saturated carbocycles. The molecule has 0 aliphatic carbocycles. The van der Waals surface area contributed by atoms with Crippen LogP contribution >= 0.6 is 0 Å². The van der Waals surface area contributed by atoms with E-state index in [1.54, 1.807) is 0 Å².